The molecule has 2 N–H and O–H groups in total. The Kier molecular flexibility index (Phi) is 5.78. The van der Waals surface area contributed by atoms with E-state index in [2.05, 4.69) is 11.8 Å². The first-order chi connectivity index (χ1) is 11.0. The zero-order chi connectivity index (χ0) is 16.8. The number of nitrogens with zero attached hydrogens (tertiary/aromatic N) is 1. The average Bonchev–Trinajstić information content (AvgIpc) is 2.54. The van der Waals surface area contributed by atoms with Gasteiger partial charge in [-0.05, 0) is 23.3 Å². The second-order valence-corrected chi connectivity index (χ2v) is 5.38. The molecule has 0 aliphatic carbocycles. The van der Waals surface area contributed by atoms with Gasteiger partial charge < -0.3 is 5.11 Å². The number of hydroxylamine groups is 2. The van der Waals surface area contributed by atoms with Crippen LogP contribution >= 0.6 is 11.6 Å². The van der Waals surface area contributed by atoms with Gasteiger partial charge >= 0.3 is 0 Å². The SMILES string of the molecule is CC(=O)N(O)Cc1ccc(C(O)C#Cc2ccccc2Cl)cc1. The van der Waals surface area contributed by atoms with Crippen molar-refractivity contribution >= 4 is 17.5 Å². The standard InChI is InChI=1S/C18H16ClNO3/c1-13(21)20(23)12-14-6-8-16(9-7-14)18(22)11-10-15-4-2-3-5-17(15)19/h2-9,18,22-23H,12H2,1H3. The molecule has 0 saturated heterocycles. The van der Waals surface area contributed by atoms with Gasteiger partial charge in [0.1, 0.15) is 6.10 Å². The van der Waals surface area contributed by atoms with Crippen molar-refractivity contribution in [2.45, 2.75) is 19.6 Å². The first kappa shape index (κ1) is 17.0. The topological polar surface area (TPSA) is 60.8 Å². The lowest BCUT2D eigenvalue weighted by molar-refractivity contribution is -0.165. The van der Waals surface area contributed by atoms with Crippen LogP contribution in [0.25, 0.3) is 0 Å². The highest BCUT2D eigenvalue weighted by atomic mass is 35.5. The molecule has 2 aromatic carbocycles. The highest BCUT2D eigenvalue weighted by molar-refractivity contribution is 6.31. The van der Waals surface area contributed by atoms with Gasteiger partial charge in [0.05, 0.1) is 11.6 Å². The second kappa shape index (κ2) is 7.80. The predicted molar refractivity (Wildman–Crippen MR) is 87.7 cm³/mol. The van der Waals surface area contributed by atoms with E-state index in [4.69, 9.17) is 11.6 Å². The second-order valence-electron chi connectivity index (χ2n) is 4.97. The third-order valence-corrected chi connectivity index (χ3v) is 3.54. The van der Waals surface area contributed by atoms with Gasteiger partial charge in [0.2, 0.25) is 5.91 Å². The molecule has 118 valence electrons. The van der Waals surface area contributed by atoms with Crippen LogP contribution in [0.1, 0.15) is 29.7 Å². The monoisotopic (exact) mass is 329 g/mol. The van der Waals surface area contributed by atoms with Crippen molar-refractivity contribution in [1.29, 1.82) is 0 Å². The number of carbonyl (C=O) groups is 1. The number of amides is 1. The van der Waals surface area contributed by atoms with Crippen LogP contribution < -0.4 is 0 Å². The van der Waals surface area contributed by atoms with Crippen molar-refractivity contribution < 1.29 is 15.1 Å². The Hall–Kier alpha value is -2.32. The molecule has 0 aliphatic heterocycles. The first-order valence-electron chi connectivity index (χ1n) is 6.97. The predicted octanol–water partition coefficient (Wildman–Crippen LogP) is 3.16. The Morgan fingerprint density at radius 3 is 2.48 bits per heavy atom. The number of aliphatic hydroxyl groups excluding tert-OH is 1. The molecule has 0 saturated carbocycles. The summed E-state index contributed by atoms with van der Waals surface area (Å²) in [4.78, 5) is 11.0. The van der Waals surface area contributed by atoms with E-state index < -0.39 is 12.0 Å². The summed E-state index contributed by atoms with van der Waals surface area (Å²) in [5, 5.41) is 20.7. The Labute approximate surface area is 139 Å². The summed E-state index contributed by atoms with van der Waals surface area (Å²) < 4.78 is 0. The van der Waals surface area contributed by atoms with E-state index in [0.29, 0.717) is 21.2 Å². The summed E-state index contributed by atoms with van der Waals surface area (Å²) in [5.41, 5.74) is 2.03. The number of halogens is 1. The lowest BCUT2D eigenvalue weighted by Gasteiger charge is -2.13. The van der Waals surface area contributed by atoms with Gasteiger partial charge in [0.15, 0.2) is 0 Å². The highest BCUT2D eigenvalue weighted by Crippen LogP contribution is 2.16. The van der Waals surface area contributed by atoms with Crippen LogP contribution in [0.5, 0.6) is 0 Å². The molecule has 0 bridgehead atoms. The Morgan fingerprint density at radius 1 is 1.22 bits per heavy atom. The number of hydrogen-bond acceptors (Lipinski definition) is 3. The summed E-state index contributed by atoms with van der Waals surface area (Å²) >= 11 is 6.01. The number of aliphatic hydroxyl groups is 1. The van der Waals surface area contributed by atoms with E-state index in [1.165, 1.54) is 6.92 Å². The average molecular weight is 330 g/mol. The molecule has 0 spiro atoms. The van der Waals surface area contributed by atoms with Crippen LogP contribution in [0.2, 0.25) is 5.02 Å². The quantitative estimate of drug-likeness (QED) is 0.516. The molecule has 5 heteroatoms. The minimum atomic E-state index is -0.946. The molecular weight excluding hydrogens is 314 g/mol. The zero-order valence-electron chi connectivity index (χ0n) is 12.5. The van der Waals surface area contributed by atoms with Gasteiger partial charge in [-0.25, -0.2) is 5.06 Å². The van der Waals surface area contributed by atoms with Gasteiger partial charge in [-0.2, -0.15) is 0 Å². The Bertz CT molecular complexity index is 747. The molecule has 1 atom stereocenters. The van der Waals surface area contributed by atoms with Gasteiger partial charge in [0, 0.05) is 12.5 Å². The lowest BCUT2D eigenvalue weighted by atomic mass is 10.1. The van der Waals surface area contributed by atoms with E-state index in [1.54, 1.807) is 36.4 Å². The van der Waals surface area contributed by atoms with Crippen LogP contribution in [0.4, 0.5) is 0 Å². The van der Waals surface area contributed by atoms with Gasteiger partial charge in [-0.3, -0.25) is 10.0 Å². The maximum absolute atomic E-state index is 11.0. The van der Waals surface area contributed by atoms with Crippen LogP contribution in [0.3, 0.4) is 0 Å². The van der Waals surface area contributed by atoms with Crippen LogP contribution in [-0.4, -0.2) is 21.3 Å². The fourth-order valence-corrected chi connectivity index (χ4v) is 2.06. The number of benzene rings is 2. The summed E-state index contributed by atoms with van der Waals surface area (Å²) in [6, 6.07) is 14.0. The van der Waals surface area contributed by atoms with E-state index in [9.17, 15) is 15.1 Å². The minimum absolute atomic E-state index is 0.0943. The Morgan fingerprint density at radius 2 is 1.87 bits per heavy atom. The third-order valence-electron chi connectivity index (χ3n) is 3.21. The van der Waals surface area contributed by atoms with Crippen molar-refractivity contribution in [3.05, 3.63) is 70.2 Å². The Balaban J connectivity index is 2.08. The molecule has 4 nitrogen and oxygen atoms in total. The fraction of sp³-hybridized carbons (Fsp3) is 0.167. The molecule has 0 heterocycles. The summed E-state index contributed by atoms with van der Waals surface area (Å²) in [5.74, 6) is 5.16. The molecule has 1 amide bonds. The van der Waals surface area contributed by atoms with Crippen molar-refractivity contribution in [2.75, 3.05) is 0 Å². The van der Waals surface area contributed by atoms with Gasteiger partial charge in [-0.15, -0.1) is 0 Å². The molecule has 2 rings (SSSR count). The molecular formula is C18H16ClNO3. The largest absolute Gasteiger partial charge is 0.376 e. The number of rotatable bonds is 3. The van der Waals surface area contributed by atoms with E-state index >= 15 is 0 Å². The first-order valence-corrected chi connectivity index (χ1v) is 7.35. The van der Waals surface area contributed by atoms with Crippen LogP contribution in [0.15, 0.2) is 48.5 Å². The molecule has 2 aromatic rings. The van der Waals surface area contributed by atoms with E-state index in [-0.39, 0.29) is 6.54 Å². The molecule has 23 heavy (non-hydrogen) atoms. The minimum Gasteiger partial charge on any atom is -0.376 e. The van der Waals surface area contributed by atoms with Crippen molar-refractivity contribution in [3.8, 4) is 11.8 Å². The highest BCUT2D eigenvalue weighted by Gasteiger charge is 2.07. The van der Waals surface area contributed by atoms with E-state index in [1.807, 2.05) is 12.1 Å². The molecule has 0 aliphatic rings. The third kappa shape index (κ3) is 4.83. The smallest absolute Gasteiger partial charge is 0.243 e. The maximum Gasteiger partial charge on any atom is 0.243 e. The van der Waals surface area contributed by atoms with E-state index in [0.717, 1.165) is 5.56 Å². The summed E-state index contributed by atoms with van der Waals surface area (Å²) in [6.07, 6.45) is -0.946. The number of hydrogen-bond donors (Lipinski definition) is 2. The molecule has 0 aromatic heterocycles. The molecule has 0 fully saturated rings. The van der Waals surface area contributed by atoms with Gasteiger partial charge in [0.25, 0.3) is 0 Å². The normalized spacial score (nSPS) is 11.3. The summed E-state index contributed by atoms with van der Waals surface area (Å²) in [7, 11) is 0. The summed E-state index contributed by atoms with van der Waals surface area (Å²) in [6.45, 7) is 1.37. The maximum atomic E-state index is 11.0. The lowest BCUT2D eigenvalue weighted by Crippen LogP contribution is -2.23. The fourth-order valence-electron chi connectivity index (χ4n) is 1.88. The van der Waals surface area contributed by atoms with Crippen molar-refractivity contribution in [2.24, 2.45) is 0 Å². The molecule has 1 unspecified atom stereocenters. The molecule has 0 radical (unpaired) electrons. The van der Waals surface area contributed by atoms with Crippen LogP contribution in [-0.2, 0) is 11.3 Å². The number of carbonyl (C=O) groups excluding carboxylic acids is 1. The van der Waals surface area contributed by atoms with Crippen molar-refractivity contribution in [1.82, 2.24) is 5.06 Å². The van der Waals surface area contributed by atoms with Crippen LogP contribution in [0, 0.1) is 11.8 Å². The zero-order valence-corrected chi connectivity index (χ0v) is 13.3. The van der Waals surface area contributed by atoms with Gasteiger partial charge in [-0.1, -0.05) is 59.8 Å². The van der Waals surface area contributed by atoms with Crippen molar-refractivity contribution in [3.63, 3.8) is 0 Å².